The molecule has 3 N–H and O–H groups in total. The Morgan fingerprint density at radius 3 is 2.50 bits per heavy atom. The average Bonchev–Trinajstić information content (AvgIpc) is 2.80. The van der Waals surface area contributed by atoms with E-state index in [0.29, 0.717) is 35.1 Å². The predicted octanol–water partition coefficient (Wildman–Crippen LogP) is 4.61. The van der Waals surface area contributed by atoms with Crippen LogP contribution in [0, 0.1) is 11.3 Å². The van der Waals surface area contributed by atoms with E-state index in [2.05, 4.69) is 29.6 Å². The molecule has 0 saturated heterocycles. The van der Waals surface area contributed by atoms with Crippen molar-refractivity contribution in [3.63, 3.8) is 0 Å². The predicted molar refractivity (Wildman–Crippen MR) is 146 cm³/mol. The van der Waals surface area contributed by atoms with Gasteiger partial charge < -0.3 is 10.5 Å². The van der Waals surface area contributed by atoms with E-state index in [-0.39, 0.29) is 18.7 Å². The van der Waals surface area contributed by atoms with E-state index in [4.69, 9.17) is 33.7 Å². The van der Waals surface area contributed by atoms with E-state index < -0.39 is 15.4 Å². The zero-order valence-corrected chi connectivity index (χ0v) is 22.8. The highest BCUT2D eigenvalue weighted by Gasteiger charge is 2.30. The maximum Gasteiger partial charge on any atom is 0.208 e. The first-order chi connectivity index (χ1) is 17.0. The van der Waals surface area contributed by atoms with E-state index in [1.807, 2.05) is 30.3 Å². The quantitative estimate of drug-likeness (QED) is 0.332. The molecule has 0 aromatic heterocycles. The molecule has 3 rings (SSSR count). The highest BCUT2D eigenvalue weighted by molar-refractivity contribution is 7.88. The molecule has 10 heteroatoms. The van der Waals surface area contributed by atoms with E-state index in [0.717, 1.165) is 28.5 Å². The topological polar surface area (TPSA) is 118 Å². The number of nitrogens with zero attached hydrogens (tertiary/aromatic N) is 2. The van der Waals surface area contributed by atoms with Gasteiger partial charge in [-0.25, -0.2) is 13.1 Å². The Hall–Kier alpha value is -2.57. The van der Waals surface area contributed by atoms with Crippen LogP contribution in [0.2, 0.25) is 5.02 Å². The van der Waals surface area contributed by atoms with Gasteiger partial charge >= 0.3 is 0 Å². The van der Waals surface area contributed by atoms with Crippen LogP contribution >= 0.6 is 23.2 Å². The molecule has 36 heavy (non-hydrogen) atoms. The van der Waals surface area contributed by atoms with Gasteiger partial charge in [-0.3, -0.25) is 4.99 Å². The van der Waals surface area contributed by atoms with E-state index in [9.17, 15) is 13.7 Å². The summed E-state index contributed by atoms with van der Waals surface area (Å²) < 4.78 is 30.8. The van der Waals surface area contributed by atoms with Gasteiger partial charge in [-0.2, -0.15) is 5.26 Å². The van der Waals surface area contributed by atoms with Crippen LogP contribution < -0.4 is 15.2 Å². The fourth-order valence-corrected chi connectivity index (χ4v) is 5.23. The van der Waals surface area contributed by atoms with Crippen molar-refractivity contribution >= 4 is 45.0 Å². The Morgan fingerprint density at radius 1 is 1.28 bits per heavy atom. The molecule has 0 unspecified atom stereocenters. The minimum absolute atomic E-state index is 0.0628. The lowest BCUT2D eigenvalue weighted by molar-refractivity contribution is 0.330. The van der Waals surface area contributed by atoms with Crippen LogP contribution in [0.4, 0.5) is 0 Å². The van der Waals surface area contributed by atoms with Gasteiger partial charge in [0.05, 0.1) is 28.8 Å². The summed E-state index contributed by atoms with van der Waals surface area (Å²) in [6, 6.07) is 13.8. The molecule has 1 fully saturated rings. The number of nitrogens with two attached hydrogens (primary N) is 1. The zero-order chi connectivity index (χ0) is 26.5. The fraction of sp³-hybridized carbons (Fsp3) is 0.385. The van der Waals surface area contributed by atoms with Crippen molar-refractivity contribution in [2.24, 2.45) is 10.7 Å². The average molecular weight is 550 g/mol. The summed E-state index contributed by atoms with van der Waals surface area (Å²) in [5.41, 5.74) is 9.38. The van der Waals surface area contributed by atoms with E-state index in [1.165, 1.54) is 6.20 Å². The summed E-state index contributed by atoms with van der Waals surface area (Å²) in [4.78, 5) is 4.56. The first-order valence-electron chi connectivity index (χ1n) is 11.4. The molecule has 1 saturated carbocycles. The van der Waals surface area contributed by atoms with Gasteiger partial charge in [0.25, 0.3) is 0 Å². The third-order valence-corrected chi connectivity index (χ3v) is 7.44. The molecule has 0 amide bonds. The normalized spacial score (nSPS) is 18.6. The van der Waals surface area contributed by atoms with Gasteiger partial charge in [-0.05, 0) is 41.7 Å². The second-order valence-electron chi connectivity index (χ2n) is 9.30. The number of aliphatic imine (C=N–C) groups is 1. The molecule has 2 aromatic carbocycles. The molecule has 0 atom stereocenters. The number of nitrogens with one attached hydrogen (secondary N) is 1. The van der Waals surface area contributed by atoms with Gasteiger partial charge in [0.1, 0.15) is 12.7 Å². The van der Waals surface area contributed by atoms with Crippen LogP contribution in [0.5, 0.6) is 5.75 Å². The number of hydrogen-bond acceptors (Lipinski definition) is 6. The van der Waals surface area contributed by atoms with Crippen LogP contribution in [0.15, 0.2) is 47.6 Å². The van der Waals surface area contributed by atoms with Crippen LogP contribution in [0.3, 0.4) is 0 Å². The highest BCUT2D eigenvalue weighted by atomic mass is 35.5. The lowest BCUT2D eigenvalue weighted by atomic mass is 9.77. The second kappa shape index (κ2) is 11.7. The lowest BCUT2D eigenvalue weighted by Crippen LogP contribution is -2.45. The maximum atomic E-state index is 11.3. The summed E-state index contributed by atoms with van der Waals surface area (Å²) in [6.45, 7) is 4.39. The third kappa shape index (κ3) is 6.80. The molecule has 0 bridgehead atoms. The Kier molecular flexibility index (Phi) is 9.07. The van der Waals surface area contributed by atoms with Crippen molar-refractivity contribution < 1.29 is 13.2 Å². The van der Waals surface area contributed by atoms with Crippen LogP contribution in [0.1, 0.15) is 48.9 Å². The number of nitriles is 1. The highest BCUT2D eigenvalue weighted by Crippen LogP contribution is 2.38. The number of ether oxygens (including phenoxy) is 1. The SMILES string of the molecule is CC(C)(c1ccc(/C(C=NC2CC(NS(C)(=O)=O)C2)=C/N)cc1)c1cc(Cl)c(OCCCl)c(C#N)c1. The third-order valence-electron chi connectivity index (χ3n) is 6.25. The summed E-state index contributed by atoms with van der Waals surface area (Å²) in [5.74, 6) is 0.642. The van der Waals surface area contributed by atoms with Crippen molar-refractivity contribution in [3.05, 3.63) is 69.9 Å². The largest absolute Gasteiger partial charge is 0.489 e. The number of alkyl halides is 1. The minimum Gasteiger partial charge on any atom is -0.489 e. The molecule has 0 spiro atoms. The summed E-state index contributed by atoms with van der Waals surface area (Å²) in [5, 5.41) is 9.99. The van der Waals surface area contributed by atoms with Crippen molar-refractivity contribution in [1.29, 1.82) is 5.26 Å². The van der Waals surface area contributed by atoms with Crippen LogP contribution in [-0.2, 0) is 15.4 Å². The van der Waals surface area contributed by atoms with E-state index in [1.54, 1.807) is 12.3 Å². The Morgan fingerprint density at radius 2 is 1.94 bits per heavy atom. The summed E-state index contributed by atoms with van der Waals surface area (Å²) in [7, 11) is -3.20. The van der Waals surface area contributed by atoms with Gasteiger partial charge in [-0.1, -0.05) is 49.7 Å². The number of benzene rings is 2. The number of sulfonamides is 1. The Labute approximate surface area is 223 Å². The van der Waals surface area contributed by atoms with Crippen LogP contribution in [-0.4, -0.2) is 45.5 Å². The maximum absolute atomic E-state index is 11.3. The molecule has 0 aliphatic heterocycles. The lowest BCUT2D eigenvalue weighted by Gasteiger charge is -2.32. The van der Waals surface area contributed by atoms with Gasteiger partial charge in [0, 0.05) is 29.4 Å². The van der Waals surface area contributed by atoms with Crippen molar-refractivity contribution in [3.8, 4) is 11.8 Å². The number of rotatable bonds is 10. The van der Waals surface area contributed by atoms with Gasteiger partial charge in [-0.15, -0.1) is 11.6 Å². The first-order valence-corrected chi connectivity index (χ1v) is 14.2. The number of allylic oxidation sites excluding steroid dienone is 1. The molecule has 7 nitrogen and oxygen atoms in total. The number of hydrogen-bond donors (Lipinski definition) is 2. The molecule has 192 valence electrons. The standard InChI is InChI=1S/C26H30Cl2N4O3S/c1-26(2,21-10-18(14-29)25(24(28)11-21)35-9-8-27)20-6-4-17(5-7-20)19(15-30)16-31-22-12-23(13-22)32-36(3,33)34/h4-7,10-11,15-16,22-23,32H,8-9,12-13,30H2,1-3H3/b19-15+,31-16?. The molecule has 0 heterocycles. The van der Waals surface area contributed by atoms with E-state index >= 15 is 0 Å². The van der Waals surface area contributed by atoms with Gasteiger partial charge in [0.15, 0.2) is 5.75 Å². The summed E-state index contributed by atoms with van der Waals surface area (Å²) >= 11 is 12.2. The second-order valence-corrected chi connectivity index (χ2v) is 11.9. The van der Waals surface area contributed by atoms with Crippen molar-refractivity contribution in [2.75, 3.05) is 18.7 Å². The Bertz CT molecular complexity index is 1290. The molecule has 1 aliphatic carbocycles. The summed E-state index contributed by atoms with van der Waals surface area (Å²) in [6.07, 6.45) is 5.73. The molecule has 0 radical (unpaired) electrons. The van der Waals surface area contributed by atoms with Crippen molar-refractivity contribution in [1.82, 2.24) is 4.72 Å². The van der Waals surface area contributed by atoms with Gasteiger partial charge in [0.2, 0.25) is 10.0 Å². The van der Waals surface area contributed by atoms with Crippen molar-refractivity contribution in [2.45, 2.75) is 44.2 Å². The van der Waals surface area contributed by atoms with Crippen LogP contribution in [0.25, 0.3) is 5.57 Å². The molecular formula is C26H30Cl2N4O3S. The smallest absolute Gasteiger partial charge is 0.208 e. The molecule has 2 aromatic rings. The first kappa shape index (κ1) is 28.0. The minimum atomic E-state index is -3.20. The zero-order valence-electron chi connectivity index (χ0n) is 20.5. The Balaban J connectivity index is 1.75. The monoisotopic (exact) mass is 548 g/mol. The number of halogens is 2. The fourth-order valence-electron chi connectivity index (χ4n) is 4.08. The molecular weight excluding hydrogens is 519 g/mol. The molecule has 1 aliphatic rings.